The zero-order valence-corrected chi connectivity index (χ0v) is 25.4. The van der Waals surface area contributed by atoms with E-state index in [0.29, 0.717) is 36.4 Å². The fraction of sp³-hybridized carbons (Fsp3) is 0.714. The maximum atomic E-state index is 14.3. The van der Waals surface area contributed by atoms with Crippen LogP contribution >= 0.6 is 0 Å². The topological polar surface area (TPSA) is 63.6 Å². The maximum Gasteiger partial charge on any atom is 0.164 e. The molecule has 4 nitrogen and oxygen atoms in total. The molecule has 0 aromatic heterocycles. The van der Waals surface area contributed by atoms with E-state index in [0.717, 1.165) is 81.0 Å². The van der Waals surface area contributed by atoms with E-state index in [2.05, 4.69) is 46.8 Å². The number of carbonyl (C=O) groups is 2. The van der Waals surface area contributed by atoms with E-state index in [1.54, 1.807) is 7.11 Å². The number of ether oxygens (including phenoxy) is 1. The standard InChI is InChI=1S/C35H52O4/c1-24(2)8-7-9-25(3)30(17-21-36)34(5)18-16-31-29(32(34)37)15-12-27-23-35(38,20-19-33(27,31)4)22-26-10-13-28(39-6)14-11-26/h10-11,13-14,21,24-25,27,30,38H,7-9,12,15-20,22-23H2,1-6H3/t25-,27+,30-,33+,34-,35?/m1/s1. The summed E-state index contributed by atoms with van der Waals surface area (Å²) in [6.07, 6.45) is 11.7. The summed E-state index contributed by atoms with van der Waals surface area (Å²) >= 11 is 0. The van der Waals surface area contributed by atoms with Crippen molar-refractivity contribution in [3.05, 3.63) is 41.0 Å². The highest BCUT2D eigenvalue weighted by atomic mass is 16.5. The smallest absolute Gasteiger partial charge is 0.164 e. The number of ketones is 1. The number of carbonyl (C=O) groups excluding carboxylic acids is 2. The summed E-state index contributed by atoms with van der Waals surface area (Å²) < 4.78 is 5.30. The number of fused-ring (bicyclic) bond motifs is 2. The molecular formula is C35H52O4. The van der Waals surface area contributed by atoms with Crippen LogP contribution in [-0.4, -0.2) is 29.9 Å². The molecule has 1 fully saturated rings. The lowest BCUT2D eigenvalue weighted by Gasteiger charge is -2.55. The number of allylic oxidation sites excluding steroid dienone is 2. The molecule has 0 heterocycles. The number of aliphatic hydroxyl groups is 1. The quantitative estimate of drug-likeness (QED) is 0.292. The minimum atomic E-state index is -0.704. The second kappa shape index (κ2) is 11.9. The first kappa shape index (κ1) is 30.0. The van der Waals surface area contributed by atoms with Crippen molar-refractivity contribution in [1.82, 2.24) is 0 Å². The molecule has 0 radical (unpaired) electrons. The molecular weight excluding hydrogens is 484 g/mol. The Kier molecular flexibility index (Phi) is 9.15. The highest BCUT2D eigenvalue weighted by Gasteiger charge is 2.55. The van der Waals surface area contributed by atoms with Gasteiger partial charge in [0.2, 0.25) is 0 Å². The maximum absolute atomic E-state index is 14.3. The van der Waals surface area contributed by atoms with E-state index in [1.807, 2.05) is 12.1 Å². The second-order valence-electron chi connectivity index (χ2n) is 14.1. The molecule has 1 saturated carbocycles. The van der Waals surface area contributed by atoms with Crippen LogP contribution in [0.4, 0.5) is 0 Å². The van der Waals surface area contributed by atoms with Gasteiger partial charge in [0.05, 0.1) is 12.7 Å². The van der Waals surface area contributed by atoms with Crippen LogP contribution < -0.4 is 4.74 Å². The van der Waals surface area contributed by atoms with Gasteiger partial charge in [-0.3, -0.25) is 4.79 Å². The molecule has 4 heteroatoms. The van der Waals surface area contributed by atoms with Crippen molar-refractivity contribution in [2.24, 2.45) is 34.5 Å². The molecule has 39 heavy (non-hydrogen) atoms. The average molecular weight is 537 g/mol. The van der Waals surface area contributed by atoms with Gasteiger partial charge in [0.25, 0.3) is 0 Å². The summed E-state index contributed by atoms with van der Waals surface area (Å²) in [4.78, 5) is 26.1. The van der Waals surface area contributed by atoms with Crippen molar-refractivity contribution >= 4 is 12.1 Å². The highest BCUT2D eigenvalue weighted by Crippen LogP contribution is 2.60. The molecule has 0 aliphatic heterocycles. The van der Waals surface area contributed by atoms with E-state index in [4.69, 9.17) is 4.74 Å². The molecule has 6 atom stereocenters. The fourth-order valence-corrected chi connectivity index (χ4v) is 8.56. The third-order valence-corrected chi connectivity index (χ3v) is 11.1. The van der Waals surface area contributed by atoms with E-state index >= 15 is 0 Å². The molecule has 0 amide bonds. The highest BCUT2D eigenvalue weighted by molar-refractivity contribution is 6.02. The Morgan fingerprint density at radius 3 is 2.41 bits per heavy atom. The summed E-state index contributed by atoms with van der Waals surface area (Å²) in [7, 11) is 1.67. The average Bonchev–Trinajstić information content (AvgIpc) is 2.90. The molecule has 3 aliphatic rings. The third kappa shape index (κ3) is 6.06. The number of methoxy groups -OCH3 is 1. The van der Waals surface area contributed by atoms with E-state index in [9.17, 15) is 14.7 Å². The van der Waals surface area contributed by atoms with Crippen LogP contribution in [0.15, 0.2) is 35.4 Å². The van der Waals surface area contributed by atoms with Crippen LogP contribution in [0, 0.1) is 34.5 Å². The van der Waals surface area contributed by atoms with Crippen LogP contribution in [0.3, 0.4) is 0 Å². The first-order valence-electron chi connectivity index (χ1n) is 15.5. The fourth-order valence-electron chi connectivity index (χ4n) is 8.56. The minimum Gasteiger partial charge on any atom is -0.497 e. The van der Waals surface area contributed by atoms with Crippen LogP contribution in [0.2, 0.25) is 0 Å². The molecule has 1 aromatic carbocycles. The Labute approximate surface area is 237 Å². The van der Waals surface area contributed by atoms with Crippen LogP contribution in [-0.2, 0) is 16.0 Å². The summed E-state index contributed by atoms with van der Waals surface area (Å²) in [6.45, 7) is 11.3. The Bertz CT molecular complexity index is 1050. The summed E-state index contributed by atoms with van der Waals surface area (Å²) in [5.74, 6) is 2.70. The Morgan fingerprint density at radius 1 is 1.05 bits per heavy atom. The number of benzene rings is 1. The number of aldehydes is 1. The monoisotopic (exact) mass is 536 g/mol. The molecule has 1 aromatic rings. The zero-order chi connectivity index (χ0) is 28.4. The molecule has 3 aliphatic carbocycles. The summed E-state index contributed by atoms with van der Waals surface area (Å²) in [6, 6.07) is 8.06. The molecule has 1 unspecified atom stereocenters. The van der Waals surface area contributed by atoms with E-state index < -0.39 is 11.0 Å². The third-order valence-electron chi connectivity index (χ3n) is 11.1. The molecule has 4 rings (SSSR count). The van der Waals surface area contributed by atoms with Crippen molar-refractivity contribution in [2.75, 3.05) is 7.11 Å². The van der Waals surface area contributed by atoms with Gasteiger partial charge in [-0.15, -0.1) is 0 Å². The van der Waals surface area contributed by atoms with Gasteiger partial charge in [0, 0.05) is 18.3 Å². The van der Waals surface area contributed by atoms with Crippen LogP contribution in [0.1, 0.15) is 111 Å². The summed E-state index contributed by atoms with van der Waals surface area (Å²) in [5.41, 5.74) is 2.43. The molecule has 0 bridgehead atoms. The normalized spacial score (nSPS) is 32.4. The number of rotatable bonds is 11. The Morgan fingerprint density at radius 2 is 1.77 bits per heavy atom. The van der Waals surface area contributed by atoms with Gasteiger partial charge in [0.15, 0.2) is 5.78 Å². The van der Waals surface area contributed by atoms with Gasteiger partial charge in [-0.05, 0) is 97.3 Å². The molecule has 216 valence electrons. The van der Waals surface area contributed by atoms with Crippen molar-refractivity contribution in [2.45, 2.75) is 117 Å². The predicted molar refractivity (Wildman–Crippen MR) is 158 cm³/mol. The second-order valence-corrected chi connectivity index (χ2v) is 14.1. The largest absolute Gasteiger partial charge is 0.497 e. The molecule has 0 saturated heterocycles. The van der Waals surface area contributed by atoms with Gasteiger partial charge < -0.3 is 14.6 Å². The van der Waals surface area contributed by atoms with Gasteiger partial charge in [-0.2, -0.15) is 0 Å². The first-order valence-corrected chi connectivity index (χ1v) is 15.5. The minimum absolute atomic E-state index is 0.0141. The number of hydrogen-bond acceptors (Lipinski definition) is 4. The van der Waals surface area contributed by atoms with Gasteiger partial charge in [-0.25, -0.2) is 0 Å². The van der Waals surface area contributed by atoms with E-state index in [1.165, 1.54) is 12.0 Å². The Hall–Kier alpha value is -1.94. The lowest BCUT2D eigenvalue weighted by molar-refractivity contribution is -0.132. The van der Waals surface area contributed by atoms with E-state index in [-0.39, 0.29) is 11.3 Å². The van der Waals surface area contributed by atoms with Gasteiger partial charge >= 0.3 is 0 Å². The number of Topliss-reactive ketones (excluding diaryl/α,β-unsaturated/α-hetero) is 1. The molecule has 0 spiro atoms. The van der Waals surface area contributed by atoms with Gasteiger partial charge in [0.1, 0.15) is 12.0 Å². The SMILES string of the molecule is COc1ccc(CC2(O)CC[C@]3(C)C4=C(CC[C@H]3C2)C(=O)[C@@](C)([C@H](CC=O)[C@H](C)CCCC(C)C)CC4)cc1. The lowest BCUT2D eigenvalue weighted by Crippen LogP contribution is -2.51. The van der Waals surface area contributed by atoms with Crippen molar-refractivity contribution in [3.8, 4) is 5.75 Å². The zero-order valence-electron chi connectivity index (χ0n) is 25.4. The molecule has 1 N–H and O–H groups in total. The van der Waals surface area contributed by atoms with Gasteiger partial charge in [-0.1, -0.05) is 71.6 Å². The Balaban J connectivity index is 1.51. The predicted octanol–water partition coefficient (Wildman–Crippen LogP) is 7.90. The lowest BCUT2D eigenvalue weighted by atomic mass is 9.49. The van der Waals surface area contributed by atoms with Crippen molar-refractivity contribution in [3.63, 3.8) is 0 Å². The first-order chi connectivity index (χ1) is 18.5. The van der Waals surface area contributed by atoms with Crippen LogP contribution in [0.5, 0.6) is 5.75 Å². The van der Waals surface area contributed by atoms with Crippen LogP contribution in [0.25, 0.3) is 0 Å². The van der Waals surface area contributed by atoms with Crippen molar-refractivity contribution in [1.29, 1.82) is 0 Å². The number of hydrogen-bond donors (Lipinski definition) is 1. The van der Waals surface area contributed by atoms with Crippen molar-refractivity contribution < 1.29 is 19.4 Å². The summed E-state index contributed by atoms with van der Waals surface area (Å²) in [5, 5.41) is 11.7.